The van der Waals surface area contributed by atoms with Gasteiger partial charge in [-0.15, -0.1) is 0 Å². The summed E-state index contributed by atoms with van der Waals surface area (Å²) < 4.78 is 7.43. The van der Waals surface area contributed by atoms with Crippen LogP contribution >= 0.6 is 0 Å². The third-order valence-corrected chi connectivity index (χ3v) is 5.65. The molecule has 0 spiro atoms. The molecule has 9 heteroatoms. The maximum Gasteiger partial charge on any atom is 0.157 e. The molecule has 1 unspecified atom stereocenters. The van der Waals surface area contributed by atoms with Crippen LogP contribution in [0.25, 0.3) is 27.9 Å². The average molecular weight is 406 g/mol. The number of imidazole rings is 1. The summed E-state index contributed by atoms with van der Waals surface area (Å²) in [6.07, 6.45) is 6.91. The summed E-state index contributed by atoms with van der Waals surface area (Å²) in [5.41, 5.74) is 4.29. The van der Waals surface area contributed by atoms with E-state index in [0.29, 0.717) is 5.92 Å². The van der Waals surface area contributed by atoms with E-state index in [1.807, 2.05) is 36.1 Å². The lowest BCUT2D eigenvalue weighted by Crippen LogP contribution is -2.30. The number of pyridine rings is 1. The number of nitrogens with zero attached hydrogens (tertiary/aromatic N) is 5. The monoisotopic (exact) mass is 406 g/mol. The van der Waals surface area contributed by atoms with Crippen molar-refractivity contribution >= 4 is 22.4 Å². The Morgan fingerprint density at radius 3 is 2.90 bits per heavy atom. The summed E-state index contributed by atoms with van der Waals surface area (Å²) in [6.45, 7) is 3.00. The van der Waals surface area contributed by atoms with Gasteiger partial charge in [-0.05, 0) is 32.4 Å². The van der Waals surface area contributed by atoms with Crippen molar-refractivity contribution < 1.29 is 4.74 Å². The van der Waals surface area contributed by atoms with Crippen LogP contribution in [0.4, 0.5) is 5.82 Å². The van der Waals surface area contributed by atoms with E-state index < -0.39 is 0 Å². The number of anilines is 1. The van der Waals surface area contributed by atoms with Crippen LogP contribution in [0.15, 0.2) is 24.5 Å². The molecule has 1 fully saturated rings. The minimum Gasteiger partial charge on any atom is -0.495 e. The quantitative estimate of drug-likeness (QED) is 0.413. The summed E-state index contributed by atoms with van der Waals surface area (Å²) in [7, 11) is 3.64. The molecular formula is C21H26N8O. The normalized spacial score (nSPS) is 15.0. The molecule has 1 aliphatic carbocycles. The number of likely N-dealkylation sites (N-methyl/N-ethyl adjacent to an activating group) is 1. The zero-order chi connectivity index (χ0) is 20.7. The second kappa shape index (κ2) is 7.56. The zero-order valence-corrected chi connectivity index (χ0v) is 17.4. The number of nitrogens with one attached hydrogen (secondary N) is 3. The first-order valence-corrected chi connectivity index (χ1v) is 10.4. The van der Waals surface area contributed by atoms with Crippen molar-refractivity contribution in [2.45, 2.75) is 38.1 Å². The molecule has 1 atom stereocenters. The van der Waals surface area contributed by atoms with E-state index in [0.717, 1.165) is 71.0 Å². The first-order chi connectivity index (χ1) is 14.7. The minimum atomic E-state index is 0.260. The Morgan fingerprint density at radius 2 is 2.17 bits per heavy atom. The Morgan fingerprint density at radius 1 is 1.30 bits per heavy atom. The third-order valence-electron chi connectivity index (χ3n) is 5.65. The topological polar surface area (TPSA) is 105 Å². The number of rotatable bonds is 8. The fourth-order valence-corrected chi connectivity index (χ4v) is 3.81. The van der Waals surface area contributed by atoms with Crippen LogP contribution in [-0.4, -0.2) is 56.5 Å². The van der Waals surface area contributed by atoms with E-state index in [1.165, 1.54) is 0 Å². The summed E-state index contributed by atoms with van der Waals surface area (Å²) in [4.78, 5) is 9.48. The fraction of sp³-hybridized carbons (Fsp3) is 0.429. The van der Waals surface area contributed by atoms with Crippen LogP contribution in [0.3, 0.4) is 0 Å². The van der Waals surface area contributed by atoms with E-state index in [4.69, 9.17) is 14.8 Å². The van der Waals surface area contributed by atoms with Crippen LogP contribution in [0, 0.1) is 0 Å². The molecule has 0 aromatic carbocycles. The number of aromatic amines is 1. The molecule has 0 radical (unpaired) electrons. The second-order valence-corrected chi connectivity index (χ2v) is 7.78. The molecule has 0 aliphatic heterocycles. The second-order valence-electron chi connectivity index (χ2n) is 7.78. The van der Waals surface area contributed by atoms with Gasteiger partial charge in [0.2, 0.25) is 0 Å². The van der Waals surface area contributed by atoms with E-state index >= 15 is 0 Å². The number of aromatic nitrogens is 6. The highest BCUT2D eigenvalue weighted by Crippen LogP contribution is 2.43. The minimum absolute atomic E-state index is 0.260. The van der Waals surface area contributed by atoms with Crippen molar-refractivity contribution in [2.24, 2.45) is 0 Å². The molecule has 4 aromatic heterocycles. The number of hydrogen-bond acceptors (Lipinski definition) is 7. The summed E-state index contributed by atoms with van der Waals surface area (Å²) in [5.74, 6) is 2.06. The largest absolute Gasteiger partial charge is 0.495 e. The van der Waals surface area contributed by atoms with E-state index in [9.17, 15) is 0 Å². The molecule has 30 heavy (non-hydrogen) atoms. The Hall–Kier alpha value is -3.20. The number of hydrogen-bond donors (Lipinski definition) is 3. The van der Waals surface area contributed by atoms with Crippen LogP contribution < -0.4 is 15.4 Å². The predicted octanol–water partition coefficient (Wildman–Crippen LogP) is 2.96. The first-order valence-electron chi connectivity index (χ1n) is 10.4. The molecule has 4 heterocycles. The van der Waals surface area contributed by atoms with Crippen molar-refractivity contribution in [3.63, 3.8) is 0 Å². The van der Waals surface area contributed by atoms with Gasteiger partial charge in [0, 0.05) is 30.0 Å². The SMILES string of the molecule is CCC(CNC)Nc1nc(-c2cnc3cc(OC)c(C4CC4)nn23)cc2cn[nH]c12. The molecule has 156 valence electrons. The molecule has 0 bridgehead atoms. The molecule has 5 rings (SSSR count). The highest BCUT2D eigenvalue weighted by molar-refractivity contribution is 5.91. The number of fused-ring (bicyclic) bond motifs is 2. The molecular weight excluding hydrogens is 380 g/mol. The lowest BCUT2D eigenvalue weighted by molar-refractivity contribution is 0.405. The highest BCUT2D eigenvalue weighted by atomic mass is 16.5. The maximum absolute atomic E-state index is 5.56. The van der Waals surface area contributed by atoms with Crippen molar-refractivity contribution in [3.05, 3.63) is 30.2 Å². The Labute approximate surface area is 174 Å². The van der Waals surface area contributed by atoms with Gasteiger partial charge in [0.15, 0.2) is 11.5 Å². The lowest BCUT2D eigenvalue weighted by atomic mass is 10.2. The average Bonchev–Trinajstić information content (AvgIpc) is 3.35. The van der Waals surface area contributed by atoms with Gasteiger partial charge >= 0.3 is 0 Å². The molecule has 0 amide bonds. The van der Waals surface area contributed by atoms with Crippen LogP contribution in [0.5, 0.6) is 5.75 Å². The molecule has 1 saturated carbocycles. The zero-order valence-electron chi connectivity index (χ0n) is 17.4. The van der Waals surface area contributed by atoms with Crippen molar-refractivity contribution in [2.75, 3.05) is 26.0 Å². The molecule has 3 N–H and O–H groups in total. The van der Waals surface area contributed by atoms with Gasteiger partial charge in [0.1, 0.15) is 22.7 Å². The summed E-state index contributed by atoms with van der Waals surface area (Å²) >= 11 is 0. The lowest BCUT2D eigenvalue weighted by Gasteiger charge is -2.18. The van der Waals surface area contributed by atoms with E-state index in [1.54, 1.807) is 7.11 Å². The summed E-state index contributed by atoms with van der Waals surface area (Å²) in [5, 5.41) is 19.9. The predicted molar refractivity (Wildman–Crippen MR) is 116 cm³/mol. The fourth-order valence-electron chi connectivity index (χ4n) is 3.81. The first kappa shape index (κ1) is 18.8. The molecule has 1 aliphatic rings. The Bertz CT molecular complexity index is 1190. The third kappa shape index (κ3) is 3.24. The van der Waals surface area contributed by atoms with Gasteiger partial charge in [-0.1, -0.05) is 6.92 Å². The standard InChI is InChI=1S/C21H26N8O/c1-4-14(10-22-2)25-21-20-13(9-24-27-20)7-15(26-21)16-11-23-18-8-17(30-3)19(12-5-6-12)28-29(16)18/h7-9,11-12,14,22H,4-6,10H2,1-3H3,(H,24,27)(H,25,26). The molecule has 9 nitrogen and oxygen atoms in total. The van der Waals surface area contributed by atoms with Gasteiger partial charge in [-0.25, -0.2) is 14.5 Å². The molecule has 4 aromatic rings. The van der Waals surface area contributed by atoms with Crippen LogP contribution in [0.2, 0.25) is 0 Å². The van der Waals surface area contributed by atoms with Crippen LogP contribution in [-0.2, 0) is 0 Å². The Kier molecular flexibility index (Phi) is 4.74. The van der Waals surface area contributed by atoms with Crippen molar-refractivity contribution in [1.29, 1.82) is 0 Å². The van der Waals surface area contributed by atoms with Gasteiger partial charge in [-0.2, -0.15) is 10.2 Å². The number of H-pyrrole nitrogens is 1. The summed E-state index contributed by atoms with van der Waals surface area (Å²) in [6, 6.07) is 4.24. The van der Waals surface area contributed by atoms with Gasteiger partial charge in [0.05, 0.1) is 25.2 Å². The van der Waals surface area contributed by atoms with E-state index in [2.05, 4.69) is 32.7 Å². The number of methoxy groups -OCH3 is 1. The van der Waals surface area contributed by atoms with Crippen LogP contribution in [0.1, 0.15) is 37.8 Å². The van der Waals surface area contributed by atoms with Crippen molar-refractivity contribution in [3.8, 4) is 17.1 Å². The van der Waals surface area contributed by atoms with Gasteiger partial charge in [0.25, 0.3) is 0 Å². The van der Waals surface area contributed by atoms with Gasteiger partial charge in [-0.3, -0.25) is 5.10 Å². The van der Waals surface area contributed by atoms with Gasteiger partial charge < -0.3 is 15.4 Å². The van der Waals surface area contributed by atoms with Crippen molar-refractivity contribution in [1.82, 2.24) is 35.1 Å². The smallest absolute Gasteiger partial charge is 0.157 e. The van der Waals surface area contributed by atoms with E-state index in [-0.39, 0.29) is 6.04 Å². The highest BCUT2D eigenvalue weighted by Gasteiger charge is 2.30. The molecule has 0 saturated heterocycles. The Balaban J connectivity index is 1.62. The number of ether oxygens (including phenoxy) is 1. The maximum atomic E-state index is 5.56.